The average molecular weight is 478 g/mol. The smallest absolute Gasteiger partial charge is 0.293 e. The number of nitro groups is 2. The topological polar surface area (TPSA) is 131 Å². The zero-order valence-electron chi connectivity index (χ0n) is 17.1. The van der Waals surface area contributed by atoms with Gasteiger partial charge in [-0.2, -0.15) is 0 Å². The van der Waals surface area contributed by atoms with E-state index in [0.29, 0.717) is 16.9 Å². The molecular formula is C20H20ClN5O5S. The average Bonchev–Trinajstić information content (AvgIpc) is 2.75. The maximum absolute atomic E-state index is 12.6. The summed E-state index contributed by atoms with van der Waals surface area (Å²) in [6.45, 7) is 3.09. The first-order chi connectivity index (χ1) is 15.2. The van der Waals surface area contributed by atoms with E-state index in [2.05, 4.69) is 10.6 Å². The summed E-state index contributed by atoms with van der Waals surface area (Å²) < 4.78 is 0. The molecule has 1 heterocycles. The highest BCUT2D eigenvalue weighted by Crippen LogP contribution is 2.32. The largest absolute Gasteiger partial charge is 0.366 e. The van der Waals surface area contributed by atoms with Crippen LogP contribution in [0.5, 0.6) is 0 Å². The van der Waals surface area contributed by atoms with Gasteiger partial charge in [-0.15, -0.1) is 0 Å². The van der Waals surface area contributed by atoms with Crippen LogP contribution in [0, 0.1) is 27.2 Å². The van der Waals surface area contributed by atoms with Gasteiger partial charge >= 0.3 is 0 Å². The van der Waals surface area contributed by atoms with Crippen molar-refractivity contribution in [1.82, 2.24) is 5.32 Å². The number of piperidine rings is 1. The van der Waals surface area contributed by atoms with Crippen LogP contribution in [0.2, 0.25) is 5.02 Å². The van der Waals surface area contributed by atoms with Crippen molar-refractivity contribution in [3.63, 3.8) is 0 Å². The number of carbonyl (C=O) groups is 1. The summed E-state index contributed by atoms with van der Waals surface area (Å²) in [5.74, 6) is -0.624. The molecule has 2 aromatic rings. The summed E-state index contributed by atoms with van der Waals surface area (Å²) in [6, 6.07) is 6.96. The zero-order chi connectivity index (χ0) is 23.4. The van der Waals surface area contributed by atoms with Crippen LogP contribution in [0.25, 0.3) is 0 Å². The molecule has 1 aliphatic rings. The van der Waals surface area contributed by atoms with E-state index in [0.717, 1.165) is 32.4 Å². The highest BCUT2D eigenvalue weighted by atomic mass is 35.5. The van der Waals surface area contributed by atoms with Crippen LogP contribution in [0.3, 0.4) is 0 Å². The van der Waals surface area contributed by atoms with E-state index in [1.54, 1.807) is 13.0 Å². The van der Waals surface area contributed by atoms with Gasteiger partial charge in [-0.1, -0.05) is 11.6 Å². The van der Waals surface area contributed by atoms with Crippen LogP contribution < -0.4 is 15.5 Å². The first-order valence-electron chi connectivity index (χ1n) is 9.77. The number of hydrogen-bond acceptors (Lipinski definition) is 7. The number of nitrogens with zero attached hydrogens (tertiary/aromatic N) is 3. The molecule has 1 amide bonds. The highest BCUT2D eigenvalue weighted by Gasteiger charge is 2.23. The van der Waals surface area contributed by atoms with Crippen LogP contribution in [0.4, 0.5) is 22.7 Å². The van der Waals surface area contributed by atoms with Crippen molar-refractivity contribution >= 4 is 57.6 Å². The molecule has 0 atom stereocenters. The maximum Gasteiger partial charge on any atom is 0.293 e. The second-order valence-electron chi connectivity index (χ2n) is 7.29. The van der Waals surface area contributed by atoms with Gasteiger partial charge in [-0.3, -0.25) is 30.3 Å². The Morgan fingerprint density at radius 1 is 1.06 bits per heavy atom. The molecule has 0 aliphatic carbocycles. The molecule has 1 saturated heterocycles. The Morgan fingerprint density at radius 2 is 1.72 bits per heavy atom. The van der Waals surface area contributed by atoms with Gasteiger partial charge in [-0.25, -0.2) is 0 Å². The number of nitrogens with one attached hydrogen (secondary N) is 2. The summed E-state index contributed by atoms with van der Waals surface area (Å²) >= 11 is 11.1. The number of amides is 1. The molecule has 0 spiro atoms. The first kappa shape index (κ1) is 23.4. The van der Waals surface area contributed by atoms with Crippen LogP contribution in [0.15, 0.2) is 30.3 Å². The van der Waals surface area contributed by atoms with Crippen LogP contribution in [-0.4, -0.2) is 34.0 Å². The Labute approximate surface area is 193 Å². The fraction of sp³-hybridized carbons (Fsp3) is 0.300. The van der Waals surface area contributed by atoms with E-state index in [1.807, 2.05) is 4.90 Å². The van der Waals surface area contributed by atoms with Crippen LogP contribution >= 0.6 is 23.8 Å². The lowest BCUT2D eigenvalue weighted by molar-refractivity contribution is -0.384. The minimum Gasteiger partial charge on any atom is -0.366 e. The Kier molecular flexibility index (Phi) is 7.21. The molecule has 0 unspecified atom stereocenters. The number of rotatable bonds is 5. The molecule has 1 aliphatic heterocycles. The SMILES string of the molecule is Cc1cc([N+](=O)[O-])c(Cl)cc1NC(=S)NC(=O)c1ccc(N2CCCCC2)c([N+](=O)[O-])c1. The summed E-state index contributed by atoms with van der Waals surface area (Å²) in [5.41, 5.74) is 1.07. The third-order valence-electron chi connectivity index (χ3n) is 5.10. The predicted molar refractivity (Wildman–Crippen MR) is 126 cm³/mol. The number of halogens is 1. The number of benzene rings is 2. The minimum absolute atomic E-state index is 0.0780. The summed E-state index contributed by atoms with van der Waals surface area (Å²) in [6.07, 6.45) is 3.02. The standard InChI is InChI=1S/C20H20ClN5O5S/c1-12-9-17(25(28)29)14(21)11-15(12)22-20(32)23-19(27)13-5-6-16(18(10-13)26(30)31)24-7-3-2-4-8-24/h5-6,9-11H,2-4,7-8H2,1H3,(H2,22,23,27,32). The normalized spacial score (nSPS) is 13.4. The lowest BCUT2D eigenvalue weighted by atomic mass is 10.1. The van der Waals surface area contributed by atoms with Crippen molar-refractivity contribution in [1.29, 1.82) is 0 Å². The van der Waals surface area contributed by atoms with Crippen molar-refractivity contribution in [2.45, 2.75) is 26.2 Å². The second-order valence-corrected chi connectivity index (χ2v) is 8.11. The summed E-state index contributed by atoms with van der Waals surface area (Å²) in [4.78, 5) is 36.0. The monoisotopic (exact) mass is 477 g/mol. The molecule has 0 aromatic heterocycles. The third kappa shape index (κ3) is 5.29. The summed E-state index contributed by atoms with van der Waals surface area (Å²) in [5, 5.41) is 27.6. The van der Waals surface area contributed by atoms with Gasteiger partial charge in [0.1, 0.15) is 10.7 Å². The number of aryl methyl sites for hydroxylation is 1. The number of anilines is 2. The van der Waals surface area contributed by atoms with Crippen molar-refractivity contribution in [2.75, 3.05) is 23.3 Å². The molecule has 0 bridgehead atoms. The third-order valence-corrected chi connectivity index (χ3v) is 5.60. The molecule has 2 aromatic carbocycles. The van der Waals surface area contributed by atoms with Gasteiger partial charge in [0.05, 0.1) is 9.85 Å². The molecule has 0 radical (unpaired) electrons. The van der Waals surface area contributed by atoms with Gasteiger partial charge in [0.15, 0.2) is 5.11 Å². The highest BCUT2D eigenvalue weighted by molar-refractivity contribution is 7.80. The van der Waals surface area contributed by atoms with E-state index < -0.39 is 15.8 Å². The number of carbonyl (C=O) groups excluding carboxylic acids is 1. The van der Waals surface area contributed by atoms with E-state index in [4.69, 9.17) is 23.8 Å². The van der Waals surface area contributed by atoms with Gasteiger partial charge in [0.2, 0.25) is 0 Å². The van der Waals surface area contributed by atoms with Crippen LogP contribution in [-0.2, 0) is 0 Å². The van der Waals surface area contributed by atoms with Crippen molar-refractivity contribution in [2.24, 2.45) is 0 Å². The molecule has 12 heteroatoms. The predicted octanol–water partition coefficient (Wildman–Crippen LogP) is 4.58. The molecule has 2 N–H and O–H groups in total. The van der Waals surface area contributed by atoms with Crippen molar-refractivity contribution in [3.8, 4) is 0 Å². The molecule has 168 valence electrons. The molecular weight excluding hydrogens is 458 g/mol. The fourth-order valence-electron chi connectivity index (χ4n) is 3.48. The lowest BCUT2D eigenvalue weighted by Gasteiger charge is -2.28. The van der Waals surface area contributed by atoms with Gasteiger partial charge in [0, 0.05) is 36.5 Å². The lowest BCUT2D eigenvalue weighted by Crippen LogP contribution is -2.34. The molecule has 32 heavy (non-hydrogen) atoms. The number of nitro benzene ring substituents is 2. The van der Waals surface area contributed by atoms with Crippen molar-refractivity contribution in [3.05, 3.63) is 66.7 Å². The number of hydrogen-bond donors (Lipinski definition) is 2. The Balaban J connectivity index is 1.74. The Hall–Kier alpha value is -3.31. The summed E-state index contributed by atoms with van der Waals surface area (Å²) in [7, 11) is 0. The first-order valence-corrected chi connectivity index (χ1v) is 10.6. The fourth-order valence-corrected chi connectivity index (χ4v) is 3.92. The van der Waals surface area contributed by atoms with Gasteiger partial charge in [0.25, 0.3) is 17.3 Å². The molecule has 10 nitrogen and oxygen atoms in total. The second kappa shape index (κ2) is 9.88. The van der Waals surface area contributed by atoms with Gasteiger partial charge < -0.3 is 10.2 Å². The quantitative estimate of drug-likeness (QED) is 0.363. The minimum atomic E-state index is -0.624. The number of thiocarbonyl (C=S) groups is 1. The molecule has 0 saturated carbocycles. The molecule has 1 fully saturated rings. The maximum atomic E-state index is 12.6. The molecule has 3 rings (SSSR count). The Bertz CT molecular complexity index is 1100. The van der Waals surface area contributed by atoms with Crippen LogP contribution in [0.1, 0.15) is 35.2 Å². The zero-order valence-corrected chi connectivity index (χ0v) is 18.7. The Morgan fingerprint density at radius 3 is 2.34 bits per heavy atom. The van der Waals surface area contributed by atoms with Crippen molar-refractivity contribution < 1.29 is 14.6 Å². The van der Waals surface area contributed by atoms with E-state index in [-0.39, 0.29) is 27.1 Å². The van der Waals surface area contributed by atoms with Gasteiger partial charge in [-0.05, 0) is 62.2 Å². The van der Waals surface area contributed by atoms with E-state index in [1.165, 1.54) is 24.3 Å². The van der Waals surface area contributed by atoms with E-state index >= 15 is 0 Å². The van der Waals surface area contributed by atoms with E-state index in [9.17, 15) is 25.0 Å².